The summed E-state index contributed by atoms with van der Waals surface area (Å²) < 4.78 is 4.43. The number of fused-ring (bicyclic) bond motifs is 1. The maximum absolute atomic E-state index is 4.01. The molecule has 25 heavy (non-hydrogen) atoms. The molecule has 0 radical (unpaired) electrons. The van der Waals surface area contributed by atoms with Crippen LogP contribution >= 0.6 is 0 Å². The van der Waals surface area contributed by atoms with Crippen molar-refractivity contribution >= 4 is 11.8 Å². The van der Waals surface area contributed by atoms with Gasteiger partial charge in [-0.25, -0.2) is 0 Å². The third kappa shape index (κ3) is 4.07. The number of aromatic nitrogens is 3. The Balaban J connectivity index is 0.00000113. The normalized spacial score (nSPS) is 17.5. The van der Waals surface area contributed by atoms with Gasteiger partial charge in [-0.3, -0.25) is 0 Å². The van der Waals surface area contributed by atoms with Gasteiger partial charge in [0.15, 0.2) is 0 Å². The minimum absolute atomic E-state index is 0. The van der Waals surface area contributed by atoms with E-state index < -0.39 is 23.2 Å². The molecule has 0 amide bonds. The third-order valence-corrected chi connectivity index (χ3v) is 8.84. The zero-order chi connectivity index (χ0) is 15.6. The minimum atomic E-state index is -0.745. The fraction of sp³-hybridized carbons (Fsp3) is 0.263. The van der Waals surface area contributed by atoms with Gasteiger partial charge in [0.1, 0.15) is 0 Å². The van der Waals surface area contributed by atoms with Gasteiger partial charge in [-0.1, -0.05) is 0 Å². The average Bonchev–Trinajstić information content (AvgIpc) is 3.29. The standard InChI is InChI=1S/C11H8N3.C8H11.2ClH.Zr/c1-2-4-10-6-11(5-9(10)3-1)14-7-12-13-8-14;1-2-5-8-6-3-4-7-8;;;/h1-8H;3,6H,2,4-5H2,1H3;2*1H;/q;;;;+2/p-2. The van der Waals surface area contributed by atoms with Gasteiger partial charge in [-0.2, -0.15) is 0 Å². The molecule has 0 N–H and O–H groups in total. The molecule has 2 aliphatic carbocycles. The zero-order valence-corrected chi connectivity index (χ0v) is 18.0. The summed E-state index contributed by atoms with van der Waals surface area (Å²) in [5.74, 6) is 0. The molecule has 1 unspecified atom stereocenters. The Hall–Kier alpha value is -0.957. The number of allylic oxidation sites excluding steroid dienone is 5. The van der Waals surface area contributed by atoms with E-state index in [1.807, 2.05) is 12.7 Å². The van der Waals surface area contributed by atoms with Crippen molar-refractivity contribution < 1.29 is 48.0 Å². The van der Waals surface area contributed by atoms with Crippen LogP contribution in [-0.2, 0) is 23.2 Å². The SMILES string of the molecule is CCCC1=[C]([Zr+2][CH]2C(n3cnnc3)=Cc3ccccc32)CC=C1.[Cl-].[Cl-]. The smallest absolute Gasteiger partial charge is 1.00 e. The molecule has 6 heteroatoms. The first-order chi connectivity index (χ1) is 11.4. The topological polar surface area (TPSA) is 30.7 Å². The summed E-state index contributed by atoms with van der Waals surface area (Å²) in [6.07, 6.45) is 14.3. The summed E-state index contributed by atoms with van der Waals surface area (Å²) in [5, 5.41) is 8.01. The molecule has 0 saturated carbocycles. The Morgan fingerprint density at radius 3 is 2.68 bits per heavy atom. The van der Waals surface area contributed by atoms with E-state index >= 15 is 0 Å². The summed E-state index contributed by atoms with van der Waals surface area (Å²) >= 11 is -0.745. The van der Waals surface area contributed by atoms with E-state index in [0.29, 0.717) is 3.63 Å². The number of halogens is 2. The summed E-state index contributed by atoms with van der Waals surface area (Å²) in [6, 6.07) is 8.83. The largest absolute Gasteiger partial charge is 1.00 e. The molecular formula is C19H19Cl2N3Zr. The van der Waals surface area contributed by atoms with Gasteiger partial charge in [0.05, 0.1) is 0 Å². The molecule has 4 rings (SSSR count). The molecule has 0 aliphatic heterocycles. The number of hydrogen-bond acceptors (Lipinski definition) is 2. The van der Waals surface area contributed by atoms with Crippen molar-refractivity contribution in [2.45, 2.75) is 29.8 Å². The molecule has 2 aliphatic rings. The summed E-state index contributed by atoms with van der Waals surface area (Å²) in [6.45, 7) is 2.27. The Morgan fingerprint density at radius 1 is 1.16 bits per heavy atom. The molecule has 1 aromatic carbocycles. The number of nitrogens with zero attached hydrogens (tertiary/aromatic N) is 3. The van der Waals surface area contributed by atoms with E-state index in [-0.39, 0.29) is 24.8 Å². The van der Waals surface area contributed by atoms with E-state index in [9.17, 15) is 0 Å². The second-order valence-electron chi connectivity index (χ2n) is 6.00. The van der Waals surface area contributed by atoms with Crippen molar-refractivity contribution in [2.75, 3.05) is 0 Å². The van der Waals surface area contributed by atoms with Gasteiger partial charge in [0, 0.05) is 0 Å². The van der Waals surface area contributed by atoms with Crippen LogP contribution in [-0.4, -0.2) is 14.8 Å². The van der Waals surface area contributed by atoms with E-state index in [1.54, 1.807) is 8.85 Å². The van der Waals surface area contributed by atoms with Crippen LogP contribution in [0.25, 0.3) is 11.8 Å². The van der Waals surface area contributed by atoms with E-state index in [0.717, 1.165) is 0 Å². The van der Waals surface area contributed by atoms with Crippen LogP contribution in [0.5, 0.6) is 0 Å². The van der Waals surface area contributed by atoms with Crippen LogP contribution in [0.1, 0.15) is 40.9 Å². The molecule has 3 nitrogen and oxygen atoms in total. The Kier molecular flexibility index (Phi) is 7.42. The predicted octanol–water partition coefficient (Wildman–Crippen LogP) is -1.56. The molecular weight excluding hydrogens is 432 g/mol. The van der Waals surface area contributed by atoms with Gasteiger partial charge in [0.25, 0.3) is 0 Å². The summed E-state index contributed by atoms with van der Waals surface area (Å²) in [7, 11) is 0. The quantitative estimate of drug-likeness (QED) is 0.551. The van der Waals surface area contributed by atoms with Crippen LogP contribution in [0.2, 0.25) is 0 Å². The van der Waals surface area contributed by atoms with E-state index in [4.69, 9.17) is 0 Å². The van der Waals surface area contributed by atoms with Gasteiger partial charge in [-0.05, 0) is 0 Å². The van der Waals surface area contributed by atoms with Crippen molar-refractivity contribution in [3.8, 4) is 0 Å². The van der Waals surface area contributed by atoms with Crippen LogP contribution in [0.3, 0.4) is 0 Å². The Labute approximate surface area is 172 Å². The van der Waals surface area contributed by atoms with Crippen LogP contribution in [0.15, 0.2) is 57.9 Å². The predicted molar refractivity (Wildman–Crippen MR) is 89.1 cm³/mol. The molecule has 1 heterocycles. The molecule has 0 fully saturated rings. The van der Waals surface area contributed by atoms with Crippen molar-refractivity contribution in [1.29, 1.82) is 0 Å². The van der Waals surface area contributed by atoms with Gasteiger partial charge >= 0.3 is 149 Å². The molecule has 0 saturated heterocycles. The number of benzene rings is 1. The molecule has 2 aromatic rings. The fourth-order valence-corrected chi connectivity index (χ4v) is 7.76. The van der Waals surface area contributed by atoms with Crippen LogP contribution in [0, 0.1) is 0 Å². The van der Waals surface area contributed by atoms with Gasteiger partial charge in [-0.15, -0.1) is 0 Å². The molecule has 0 bridgehead atoms. The Bertz CT molecular complexity index is 810. The van der Waals surface area contributed by atoms with Gasteiger partial charge in [0.2, 0.25) is 0 Å². The van der Waals surface area contributed by atoms with Crippen molar-refractivity contribution in [1.82, 2.24) is 14.8 Å². The first-order valence-electron chi connectivity index (χ1n) is 8.17. The zero-order valence-electron chi connectivity index (χ0n) is 14.0. The maximum Gasteiger partial charge on any atom is -1.00 e. The van der Waals surface area contributed by atoms with Crippen LogP contribution in [0.4, 0.5) is 0 Å². The van der Waals surface area contributed by atoms with E-state index in [1.165, 1.54) is 36.1 Å². The Morgan fingerprint density at radius 2 is 1.92 bits per heavy atom. The molecule has 128 valence electrons. The van der Waals surface area contributed by atoms with Crippen molar-refractivity contribution in [3.05, 3.63) is 69.1 Å². The number of rotatable bonds is 5. The summed E-state index contributed by atoms with van der Waals surface area (Å²) in [5.41, 5.74) is 5.84. The van der Waals surface area contributed by atoms with Crippen molar-refractivity contribution in [3.63, 3.8) is 0 Å². The minimum Gasteiger partial charge on any atom is -1.00 e. The average molecular weight is 452 g/mol. The fourth-order valence-electron chi connectivity index (χ4n) is 3.40. The first-order valence-corrected chi connectivity index (χ1v) is 10.8. The second kappa shape index (κ2) is 9.12. The second-order valence-corrected chi connectivity index (χ2v) is 9.62. The maximum atomic E-state index is 4.01. The monoisotopic (exact) mass is 449 g/mol. The summed E-state index contributed by atoms with van der Waals surface area (Å²) in [4.78, 5) is 0. The van der Waals surface area contributed by atoms with Crippen molar-refractivity contribution in [2.24, 2.45) is 0 Å². The number of hydrogen-bond donors (Lipinski definition) is 0. The molecule has 1 aromatic heterocycles. The molecule has 0 spiro atoms. The van der Waals surface area contributed by atoms with E-state index in [2.05, 4.69) is 64.2 Å². The van der Waals surface area contributed by atoms with Crippen LogP contribution < -0.4 is 24.8 Å². The molecule has 1 atom stereocenters. The third-order valence-electron chi connectivity index (χ3n) is 4.49. The van der Waals surface area contributed by atoms with Gasteiger partial charge < -0.3 is 24.8 Å². The first kappa shape index (κ1) is 20.4.